The first-order valence-corrected chi connectivity index (χ1v) is 5.67. The summed E-state index contributed by atoms with van der Waals surface area (Å²) in [5, 5.41) is 17.8. The zero-order valence-corrected chi connectivity index (χ0v) is 9.77. The second kappa shape index (κ2) is 5.52. The van der Waals surface area contributed by atoms with Gasteiger partial charge in [-0.25, -0.2) is 0 Å². The zero-order chi connectivity index (χ0) is 11.3. The molecular weight excluding hydrogens is 206 g/mol. The van der Waals surface area contributed by atoms with Crippen LogP contribution in [-0.4, -0.2) is 16.0 Å². The third kappa shape index (κ3) is 2.80. The lowest BCUT2D eigenvalue weighted by Gasteiger charge is -2.05. The van der Waals surface area contributed by atoms with Gasteiger partial charge in [-0.1, -0.05) is 6.08 Å². The van der Waals surface area contributed by atoms with E-state index >= 15 is 0 Å². The predicted molar refractivity (Wildman–Crippen MR) is 61.8 cm³/mol. The van der Waals surface area contributed by atoms with Crippen LogP contribution < -0.4 is 0 Å². The molecule has 1 heterocycles. The predicted octanol–water partition coefficient (Wildman–Crippen LogP) is 2.63. The average molecular weight is 219 g/mol. The number of rotatable bonds is 4. The van der Waals surface area contributed by atoms with Gasteiger partial charge in [0.25, 0.3) is 0 Å². The molecule has 0 saturated heterocycles. The van der Waals surface area contributed by atoms with Crippen molar-refractivity contribution in [1.82, 2.24) is 10.2 Å². The molecule has 0 aromatic carbocycles. The second-order valence-corrected chi connectivity index (χ2v) is 4.21. The SMILES string of the molecule is C=CCCSc1nnc(C)c(C)c1C#N. The van der Waals surface area contributed by atoms with E-state index in [1.54, 1.807) is 11.8 Å². The first kappa shape index (κ1) is 11.7. The van der Waals surface area contributed by atoms with E-state index in [0.717, 1.165) is 28.5 Å². The molecule has 1 aromatic heterocycles. The van der Waals surface area contributed by atoms with Gasteiger partial charge in [-0.05, 0) is 25.8 Å². The van der Waals surface area contributed by atoms with E-state index in [1.165, 1.54) is 0 Å². The van der Waals surface area contributed by atoms with E-state index in [1.807, 2.05) is 19.9 Å². The number of allylic oxidation sites excluding steroid dienone is 1. The van der Waals surface area contributed by atoms with Gasteiger partial charge >= 0.3 is 0 Å². The number of nitrogens with zero attached hydrogens (tertiary/aromatic N) is 3. The summed E-state index contributed by atoms with van der Waals surface area (Å²) in [7, 11) is 0. The first-order chi connectivity index (χ1) is 7.20. The van der Waals surface area contributed by atoms with Crippen LogP contribution in [0, 0.1) is 25.2 Å². The first-order valence-electron chi connectivity index (χ1n) is 4.68. The maximum absolute atomic E-state index is 9.03. The van der Waals surface area contributed by atoms with Crippen molar-refractivity contribution in [2.45, 2.75) is 25.3 Å². The van der Waals surface area contributed by atoms with Gasteiger partial charge in [0.05, 0.1) is 11.3 Å². The van der Waals surface area contributed by atoms with Crippen molar-refractivity contribution in [3.8, 4) is 6.07 Å². The zero-order valence-electron chi connectivity index (χ0n) is 8.95. The molecule has 78 valence electrons. The number of aryl methyl sites for hydroxylation is 1. The van der Waals surface area contributed by atoms with Gasteiger partial charge < -0.3 is 0 Å². The summed E-state index contributed by atoms with van der Waals surface area (Å²) in [4.78, 5) is 0. The highest BCUT2D eigenvalue weighted by Crippen LogP contribution is 2.23. The van der Waals surface area contributed by atoms with Crippen LogP contribution in [0.15, 0.2) is 17.7 Å². The molecular formula is C11H13N3S. The highest BCUT2D eigenvalue weighted by molar-refractivity contribution is 7.99. The van der Waals surface area contributed by atoms with Gasteiger partial charge in [0.15, 0.2) is 0 Å². The smallest absolute Gasteiger partial charge is 0.137 e. The monoisotopic (exact) mass is 219 g/mol. The van der Waals surface area contributed by atoms with Gasteiger partial charge in [-0.2, -0.15) is 10.4 Å². The third-order valence-electron chi connectivity index (χ3n) is 2.09. The lowest BCUT2D eigenvalue weighted by Crippen LogP contribution is -1.99. The quantitative estimate of drug-likeness (QED) is 0.444. The van der Waals surface area contributed by atoms with Gasteiger partial charge in [0, 0.05) is 5.75 Å². The highest BCUT2D eigenvalue weighted by atomic mass is 32.2. The third-order valence-corrected chi connectivity index (χ3v) is 3.09. The summed E-state index contributed by atoms with van der Waals surface area (Å²) in [5.74, 6) is 0.884. The van der Waals surface area contributed by atoms with Crippen LogP contribution in [-0.2, 0) is 0 Å². The standard InChI is InChI=1S/C11H13N3S/c1-4-5-6-15-11-10(7-12)8(2)9(3)13-14-11/h4H,1,5-6H2,2-3H3. The van der Waals surface area contributed by atoms with E-state index < -0.39 is 0 Å². The van der Waals surface area contributed by atoms with Crippen molar-refractivity contribution < 1.29 is 0 Å². The van der Waals surface area contributed by atoms with Gasteiger partial charge in [0.2, 0.25) is 0 Å². The fraction of sp³-hybridized carbons (Fsp3) is 0.364. The van der Waals surface area contributed by atoms with Gasteiger partial charge in [0.1, 0.15) is 11.1 Å². The molecule has 0 fully saturated rings. The maximum atomic E-state index is 9.03. The highest BCUT2D eigenvalue weighted by Gasteiger charge is 2.10. The Kier molecular flexibility index (Phi) is 4.32. The molecule has 15 heavy (non-hydrogen) atoms. The molecule has 3 nitrogen and oxygen atoms in total. The van der Waals surface area contributed by atoms with Crippen LogP contribution in [0.4, 0.5) is 0 Å². The number of thioether (sulfide) groups is 1. The fourth-order valence-electron chi connectivity index (χ4n) is 1.06. The molecule has 0 atom stereocenters. The Morgan fingerprint density at radius 3 is 2.80 bits per heavy atom. The summed E-state index contributed by atoms with van der Waals surface area (Å²) < 4.78 is 0. The van der Waals surface area contributed by atoms with Crippen molar-refractivity contribution in [2.24, 2.45) is 0 Å². The minimum Gasteiger partial charge on any atom is -0.192 e. The fourth-order valence-corrected chi connectivity index (χ4v) is 1.98. The Balaban J connectivity index is 2.93. The molecule has 0 amide bonds. The molecule has 0 aliphatic heterocycles. The maximum Gasteiger partial charge on any atom is 0.137 e. The topological polar surface area (TPSA) is 49.6 Å². The molecule has 1 rings (SSSR count). The van der Waals surface area contributed by atoms with Crippen LogP contribution in [0.2, 0.25) is 0 Å². The minimum atomic E-state index is 0.650. The van der Waals surface area contributed by atoms with E-state index in [9.17, 15) is 0 Å². The van der Waals surface area contributed by atoms with Crippen molar-refractivity contribution >= 4 is 11.8 Å². The number of hydrogen-bond donors (Lipinski definition) is 0. The van der Waals surface area contributed by atoms with Crippen LogP contribution >= 0.6 is 11.8 Å². The van der Waals surface area contributed by atoms with E-state index in [-0.39, 0.29) is 0 Å². The van der Waals surface area contributed by atoms with Crippen molar-refractivity contribution in [2.75, 3.05) is 5.75 Å². The van der Waals surface area contributed by atoms with E-state index in [4.69, 9.17) is 5.26 Å². The molecule has 0 bridgehead atoms. The Hall–Kier alpha value is -1.34. The minimum absolute atomic E-state index is 0.650. The van der Waals surface area contributed by atoms with E-state index in [0.29, 0.717) is 5.56 Å². The Bertz CT molecular complexity index is 407. The van der Waals surface area contributed by atoms with Crippen molar-refractivity contribution in [1.29, 1.82) is 5.26 Å². The second-order valence-electron chi connectivity index (χ2n) is 3.13. The Labute approximate surface area is 94.2 Å². The summed E-state index contributed by atoms with van der Waals surface area (Å²) in [6.45, 7) is 7.42. The molecule has 0 N–H and O–H groups in total. The molecule has 0 unspecified atom stereocenters. The van der Waals surface area contributed by atoms with Crippen LogP contribution in [0.5, 0.6) is 0 Å². The summed E-state index contributed by atoms with van der Waals surface area (Å²) >= 11 is 1.55. The molecule has 0 radical (unpaired) electrons. The van der Waals surface area contributed by atoms with Gasteiger partial charge in [-0.3, -0.25) is 0 Å². The van der Waals surface area contributed by atoms with Crippen LogP contribution in [0.1, 0.15) is 23.2 Å². The van der Waals surface area contributed by atoms with Crippen LogP contribution in [0.25, 0.3) is 0 Å². The van der Waals surface area contributed by atoms with Crippen molar-refractivity contribution in [3.63, 3.8) is 0 Å². The molecule has 0 spiro atoms. The van der Waals surface area contributed by atoms with E-state index in [2.05, 4.69) is 22.8 Å². The summed E-state index contributed by atoms with van der Waals surface area (Å²) in [6.07, 6.45) is 2.76. The summed E-state index contributed by atoms with van der Waals surface area (Å²) in [6, 6.07) is 2.18. The average Bonchev–Trinajstić information content (AvgIpc) is 2.24. The number of nitriles is 1. The number of aromatic nitrogens is 2. The lowest BCUT2D eigenvalue weighted by atomic mass is 10.1. The largest absolute Gasteiger partial charge is 0.192 e. The Morgan fingerprint density at radius 2 is 2.20 bits per heavy atom. The molecule has 0 aliphatic carbocycles. The number of hydrogen-bond acceptors (Lipinski definition) is 4. The van der Waals surface area contributed by atoms with Gasteiger partial charge in [-0.15, -0.1) is 23.4 Å². The molecule has 0 aliphatic rings. The van der Waals surface area contributed by atoms with Crippen LogP contribution in [0.3, 0.4) is 0 Å². The Morgan fingerprint density at radius 1 is 1.47 bits per heavy atom. The normalized spacial score (nSPS) is 9.67. The molecule has 0 saturated carbocycles. The summed E-state index contributed by atoms with van der Waals surface area (Å²) in [5.41, 5.74) is 2.39. The molecule has 1 aromatic rings. The van der Waals surface area contributed by atoms with Crippen molar-refractivity contribution in [3.05, 3.63) is 29.5 Å². The lowest BCUT2D eigenvalue weighted by molar-refractivity contribution is 0.870. The molecule has 4 heteroatoms.